The van der Waals surface area contributed by atoms with Crippen LogP contribution in [0, 0.1) is 0 Å². The summed E-state index contributed by atoms with van der Waals surface area (Å²) in [5.74, 6) is 1.05. The third-order valence-electron chi connectivity index (χ3n) is 5.31. The van der Waals surface area contributed by atoms with Crippen molar-refractivity contribution < 1.29 is 18.7 Å². The van der Waals surface area contributed by atoms with Crippen LogP contribution in [0.25, 0.3) is 27.7 Å². The van der Waals surface area contributed by atoms with Gasteiger partial charge in [0.25, 0.3) is 0 Å². The van der Waals surface area contributed by atoms with Crippen LogP contribution < -0.4 is 14.8 Å². The molecule has 0 radical (unpaired) electrons. The molecule has 0 saturated carbocycles. The quantitative estimate of drug-likeness (QED) is 0.265. The van der Waals surface area contributed by atoms with Crippen molar-refractivity contribution in [2.24, 2.45) is 0 Å². The molecule has 1 N–H and O–H groups in total. The van der Waals surface area contributed by atoms with Gasteiger partial charge in [-0.3, -0.25) is 4.79 Å². The standard InChI is InChI=1S/C27H23Cl2NO4/c1-4-33-25-14-26-21(22(15-34-26)17-6-5-7-19(11-17)32-3)13-20(25)16(2)10-27(31)30-24-12-18(28)8-9-23(24)29/h5-15H,4H2,1-3H3,(H,30,31)/b16-10+. The Morgan fingerprint density at radius 3 is 2.71 bits per heavy atom. The zero-order chi connectivity index (χ0) is 24.2. The summed E-state index contributed by atoms with van der Waals surface area (Å²) in [6, 6.07) is 16.5. The normalized spacial score (nSPS) is 11.5. The van der Waals surface area contributed by atoms with Crippen LogP contribution in [0.1, 0.15) is 19.4 Å². The van der Waals surface area contributed by atoms with Crippen LogP contribution in [0.15, 0.2) is 71.4 Å². The topological polar surface area (TPSA) is 60.7 Å². The first-order chi connectivity index (χ1) is 16.4. The minimum absolute atomic E-state index is 0.329. The van der Waals surface area contributed by atoms with Gasteiger partial charge in [0.15, 0.2) is 0 Å². The number of hydrogen-bond donors (Lipinski definition) is 1. The maximum Gasteiger partial charge on any atom is 0.248 e. The van der Waals surface area contributed by atoms with Crippen molar-refractivity contribution in [2.75, 3.05) is 19.0 Å². The molecular weight excluding hydrogens is 473 g/mol. The zero-order valence-electron chi connectivity index (χ0n) is 18.9. The Kier molecular flexibility index (Phi) is 7.15. The molecule has 0 aliphatic carbocycles. The van der Waals surface area contributed by atoms with E-state index in [9.17, 15) is 4.79 Å². The highest BCUT2D eigenvalue weighted by Crippen LogP contribution is 2.38. The molecule has 0 fully saturated rings. The van der Waals surface area contributed by atoms with Crippen LogP contribution in [0.2, 0.25) is 10.0 Å². The summed E-state index contributed by atoms with van der Waals surface area (Å²) >= 11 is 12.2. The van der Waals surface area contributed by atoms with Crippen LogP contribution in [0.3, 0.4) is 0 Å². The molecule has 5 nitrogen and oxygen atoms in total. The smallest absolute Gasteiger partial charge is 0.248 e. The molecule has 34 heavy (non-hydrogen) atoms. The maximum atomic E-state index is 12.7. The predicted octanol–water partition coefficient (Wildman–Crippen LogP) is 7.86. The van der Waals surface area contributed by atoms with Gasteiger partial charge in [-0.15, -0.1) is 0 Å². The van der Waals surface area contributed by atoms with Crippen molar-refractivity contribution in [3.63, 3.8) is 0 Å². The fraction of sp³-hybridized carbons (Fsp3) is 0.148. The first-order valence-electron chi connectivity index (χ1n) is 10.7. The minimum atomic E-state index is -0.329. The van der Waals surface area contributed by atoms with E-state index in [4.69, 9.17) is 37.1 Å². The van der Waals surface area contributed by atoms with E-state index in [0.29, 0.717) is 33.7 Å². The van der Waals surface area contributed by atoms with Crippen molar-refractivity contribution in [1.29, 1.82) is 0 Å². The van der Waals surface area contributed by atoms with Gasteiger partial charge < -0.3 is 19.2 Å². The van der Waals surface area contributed by atoms with Crippen LogP contribution in [0.5, 0.6) is 11.5 Å². The van der Waals surface area contributed by atoms with Crippen molar-refractivity contribution in [3.8, 4) is 22.6 Å². The molecule has 0 bridgehead atoms. The average Bonchev–Trinajstić information content (AvgIpc) is 3.24. The largest absolute Gasteiger partial charge is 0.497 e. The van der Waals surface area contributed by atoms with Gasteiger partial charge in [-0.25, -0.2) is 0 Å². The highest BCUT2D eigenvalue weighted by molar-refractivity contribution is 6.35. The summed E-state index contributed by atoms with van der Waals surface area (Å²) in [6.07, 6.45) is 3.22. The zero-order valence-corrected chi connectivity index (χ0v) is 20.5. The van der Waals surface area contributed by atoms with Crippen LogP contribution in [-0.2, 0) is 4.79 Å². The third kappa shape index (κ3) is 5.06. The number of carbonyl (C=O) groups is 1. The number of allylic oxidation sites excluding steroid dienone is 1. The molecule has 1 heterocycles. The van der Waals surface area contributed by atoms with Gasteiger partial charge in [0.05, 0.1) is 30.7 Å². The van der Waals surface area contributed by atoms with E-state index in [2.05, 4.69) is 5.32 Å². The van der Waals surface area contributed by atoms with Gasteiger partial charge in [0, 0.05) is 33.7 Å². The molecule has 7 heteroatoms. The molecule has 0 saturated heterocycles. The van der Waals surface area contributed by atoms with E-state index >= 15 is 0 Å². The number of nitrogens with one attached hydrogen (secondary N) is 1. The number of ether oxygens (including phenoxy) is 2. The second-order valence-electron chi connectivity index (χ2n) is 7.60. The number of benzene rings is 3. The summed E-state index contributed by atoms with van der Waals surface area (Å²) in [7, 11) is 1.63. The molecule has 1 aromatic heterocycles. The Morgan fingerprint density at radius 1 is 1.12 bits per heavy atom. The van der Waals surface area contributed by atoms with E-state index in [1.54, 1.807) is 31.6 Å². The molecule has 0 aliphatic rings. The number of hydrogen-bond acceptors (Lipinski definition) is 4. The van der Waals surface area contributed by atoms with Crippen LogP contribution >= 0.6 is 23.2 Å². The lowest BCUT2D eigenvalue weighted by Crippen LogP contribution is -2.09. The molecular formula is C27H23Cl2NO4. The summed E-state index contributed by atoms with van der Waals surface area (Å²) in [4.78, 5) is 12.7. The number of amides is 1. The molecule has 0 unspecified atom stereocenters. The first kappa shape index (κ1) is 23.7. The van der Waals surface area contributed by atoms with Crippen molar-refractivity contribution >= 4 is 51.3 Å². The van der Waals surface area contributed by atoms with E-state index in [-0.39, 0.29) is 5.91 Å². The second-order valence-corrected chi connectivity index (χ2v) is 8.44. The second kappa shape index (κ2) is 10.2. The van der Waals surface area contributed by atoms with Crippen molar-refractivity contribution in [3.05, 3.63) is 82.5 Å². The molecule has 0 atom stereocenters. The maximum absolute atomic E-state index is 12.7. The molecule has 0 spiro atoms. The number of methoxy groups -OCH3 is 1. The van der Waals surface area contributed by atoms with E-state index in [1.165, 1.54) is 6.08 Å². The highest BCUT2D eigenvalue weighted by atomic mass is 35.5. The fourth-order valence-electron chi connectivity index (χ4n) is 3.69. The number of fused-ring (bicyclic) bond motifs is 1. The van der Waals surface area contributed by atoms with E-state index in [1.807, 2.05) is 50.2 Å². The Morgan fingerprint density at radius 2 is 1.94 bits per heavy atom. The van der Waals surface area contributed by atoms with Gasteiger partial charge in [-0.1, -0.05) is 35.3 Å². The van der Waals surface area contributed by atoms with Crippen LogP contribution in [-0.4, -0.2) is 19.6 Å². The molecule has 1 amide bonds. The van der Waals surface area contributed by atoms with Crippen LogP contribution in [0.4, 0.5) is 5.69 Å². The number of anilines is 1. The first-order valence-corrected chi connectivity index (χ1v) is 11.4. The van der Waals surface area contributed by atoms with E-state index < -0.39 is 0 Å². The lowest BCUT2D eigenvalue weighted by atomic mass is 9.99. The summed E-state index contributed by atoms with van der Waals surface area (Å²) in [5, 5.41) is 4.57. The average molecular weight is 496 g/mol. The van der Waals surface area contributed by atoms with Crippen molar-refractivity contribution in [2.45, 2.75) is 13.8 Å². The monoisotopic (exact) mass is 495 g/mol. The Bertz CT molecular complexity index is 1390. The summed E-state index contributed by atoms with van der Waals surface area (Å²) < 4.78 is 17.1. The predicted molar refractivity (Wildman–Crippen MR) is 138 cm³/mol. The molecule has 4 rings (SSSR count). The highest BCUT2D eigenvalue weighted by Gasteiger charge is 2.16. The van der Waals surface area contributed by atoms with Gasteiger partial charge >= 0.3 is 0 Å². The van der Waals surface area contributed by atoms with Crippen molar-refractivity contribution in [1.82, 2.24) is 0 Å². The minimum Gasteiger partial charge on any atom is -0.497 e. The van der Waals surface area contributed by atoms with Gasteiger partial charge in [0.2, 0.25) is 5.91 Å². The van der Waals surface area contributed by atoms with Gasteiger partial charge in [-0.2, -0.15) is 0 Å². The lowest BCUT2D eigenvalue weighted by Gasteiger charge is -2.12. The lowest BCUT2D eigenvalue weighted by molar-refractivity contribution is -0.111. The molecule has 174 valence electrons. The molecule has 3 aromatic carbocycles. The Labute approximate surface area is 207 Å². The molecule has 0 aliphatic heterocycles. The number of rotatable bonds is 7. The van der Waals surface area contributed by atoms with Gasteiger partial charge in [-0.05, 0) is 61.4 Å². The number of furan rings is 1. The third-order valence-corrected chi connectivity index (χ3v) is 5.88. The Balaban J connectivity index is 1.74. The number of halogens is 2. The number of carbonyl (C=O) groups excluding carboxylic acids is 1. The molecule has 4 aromatic rings. The fourth-order valence-corrected chi connectivity index (χ4v) is 4.03. The SMILES string of the molecule is CCOc1cc2occ(-c3cccc(OC)c3)c2cc1/C(C)=C/C(=O)Nc1cc(Cl)ccc1Cl. The van der Waals surface area contributed by atoms with E-state index in [0.717, 1.165) is 33.4 Å². The summed E-state index contributed by atoms with van der Waals surface area (Å²) in [5.41, 5.74) is 4.52. The Hall–Kier alpha value is -3.41. The summed E-state index contributed by atoms with van der Waals surface area (Å²) in [6.45, 7) is 4.23. The van der Waals surface area contributed by atoms with Gasteiger partial charge in [0.1, 0.15) is 17.1 Å².